The van der Waals surface area contributed by atoms with E-state index in [4.69, 9.17) is 4.74 Å². The molecule has 156 valence electrons. The summed E-state index contributed by atoms with van der Waals surface area (Å²) in [6, 6.07) is 18.2. The summed E-state index contributed by atoms with van der Waals surface area (Å²) in [4.78, 5) is 27.7. The molecule has 0 saturated carbocycles. The lowest BCUT2D eigenvalue weighted by atomic mass is 9.97. The summed E-state index contributed by atoms with van der Waals surface area (Å²) < 4.78 is 5.50. The number of nitrogens with zero attached hydrogens (tertiary/aromatic N) is 1. The molecule has 0 aliphatic heterocycles. The Kier molecular flexibility index (Phi) is 7.43. The van der Waals surface area contributed by atoms with E-state index in [1.165, 1.54) is 0 Å². The summed E-state index contributed by atoms with van der Waals surface area (Å²) in [6.45, 7) is 11.1. The Balaban J connectivity index is 2.27. The number of rotatable bonds is 7. The molecule has 0 aromatic heterocycles. The van der Waals surface area contributed by atoms with Crippen LogP contribution >= 0.6 is 0 Å². The molecule has 2 aromatic carbocycles. The predicted octanol–water partition coefficient (Wildman–Crippen LogP) is 4.70. The maximum absolute atomic E-state index is 13.2. The van der Waals surface area contributed by atoms with Crippen LogP contribution in [-0.2, 0) is 14.3 Å². The Labute approximate surface area is 174 Å². The molecule has 2 atom stereocenters. The Morgan fingerprint density at radius 2 is 1.31 bits per heavy atom. The fourth-order valence-electron chi connectivity index (χ4n) is 3.03. The zero-order valence-corrected chi connectivity index (χ0v) is 18.2. The van der Waals surface area contributed by atoms with Crippen molar-refractivity contribution < 1.29 is 14.3 Å². The van der Waals surface area contributed by atoms with Crippen molar-refractivity contribution in [1.29, 1.82) is 0 Å². The van der Waals surface area contributed by atoms with E-state index in [-0.39, 0.29) is 11.8 Å². The largest absolute Gasteiger partial charge is 0.458 e. The number of para-hydroxylation sites is 2. The van der Waals surface area contributed by atoms with Crippen molar-refractivity contribution in [1.82, 2.24) is 5.32 Å². The Morgan fingerprint density at radius 3 is 1.69 bits per heavy atom. The molecule has 0 aliphatic carbocycles. The second-order valence-corrected chi connectivity index (χ2v) is 8.48. The first-order valence-electron chi connectivity index (χ1n) is 10.0. The lowest BCUT2D eigenvalue weighted by Crippen LogP contribution is -2.52. The predicted molar refractivity (Wildman–Crippen MR) is 117 cm³/mol. The van der Waals surface area contributed by atoms with Gasteiger partial charge in [-0.15, -0.1) is 0 Å². The van der Waals surface area contributed by atoms with E-state index >= 15 is 0 Å². The fourth-order valence-corrected chi connectivity index (χ4v) is 3.03. The van der Waals surface area contributed by atoms with Gasteiger partial charge in [0.1, 0.15) is 17.7 Å². The first-order chi connectivity index (χ1) is 13.6. The molecular formula is C24H32N2O3. The van der Waals surface area contributed by atoms with Gasteiger partial charge in [-0.05, 0) is 57.9 Å². The molecule has 0 fully saturated rings. The third-order valence-corrected chi connectivity index (χ3v) is 4.46. The number of benzene rings is 2. The van der Waals surface area contributed by atoms with Crippen molar-refractivity contribution >= 4 is 23.3 Å². The van der Waals surface area contributed by atoms with Crippen LogP contribution in [0.15, 0.2) is 60.7 Å². The molecule has 5 nitrogen and oxygen atoms in total. The maximum Gasteiger partial charge on any atom is 0.329 e. The van der Waals surface area contributed by atoms with Gasteiger partial charge < -0.3 is 15.0 Å². The third kappa shape index (κ3) is 6.34. The van der Waals surface area contributed by atoms with Crippen LogP contribution in [0.1, 0.15) is 41.5 Å². The number of carbonyl (C=O) groups is 2. The van der Waals surface area contributed by atoms with Crippen LogP contribution in [0, 0.1) is 5.92 Å². The van der Waals surface area contributed by atoms with Gasteiger partial charge in [-0.25, -0.2) is 4.79 Å². The van der Waals surface area contributed by atoms with E-state index in [0.29, 0.717) is 0 Å². The van der Waals surface area contributed by atoms with Crippen molar-refractivity contribution in [2.45, 2.75) is 59.2 Å². The minimum atomic E-state index is -0.711. The highest BCUT2D eigenvalue weighted by atomic mass is 16.6. The van der Waals surface area contributed by atoms with Crippen LogP contribution in [0.25, 0.3) is 0 Å². The topological polar surface area (TPSA) is 58.6 Å². The van der Waals surface area contributed by atoms with Crippen molar-refractivity contribution in [3.8, 4) is 0 Å². The quantitative estimate of drug-likeness (QED) is 0.691. The van der Waals surface area contributed by atoms with Crippen LogP contribution < -0.4 is 10.2 Å². The first kappa shape index (κ1) is 22.5. The standard InChI is InChI=1S/C24H32N2O3/c1-17(2)21(23(28)29-24(4,5)6)25-22(27)18(3)26(19-13-9-7-10-14-19)20-15-11-8-12-16-20/h7-18,21H,1-6H3,(H,25,27)/t18-,21+/m1/s1/i3-1. The molecule has 0 heterocycles. The SMILES string of the molecule is CC(C)[C@H](NC(=O)[C@@H]([11CH3])N(c1ccccc1)c1ccccc1)C(=O)OC(C)(C)C. The number of ether oxygens (including phenoxy) is 1. The Bertz CT molecular complexity index is 758. The summed E-state index contributed by atoms with van der Waals surface area (Å²) in [5, 5.41) is 2.90. The summed E-state index contributed by atoms with van der Waals surface area (Å²) in [7, 11) is 0. The van der Waals surface area contributed by atoms with E-state index in [2.05, 4.69) is 5.32 Å². The molecule has 0 spiro atoms. The molecular weight excluding hydrogens is 363 g/mol. The fraction of sp³-hybridized carbons (Fsp3) is 0.417. The highest BCUT2D eigenvalue weighted by Gasteiger charge is 2.32. The van der Waals surface area contributed by atoms with Crippen LogP contribution in [0.2, 0.25) is 0 Å². The van der Waals surface area contributed by atoms with E-state index in [0.717, 1.165) is 11.4 Å². The number of anilines is 2. The Morgan fingerprint density at radius 1 is 0.862 bits per heavy atom. The highest BCUT2D eigenvalue weighted by molar-refractivity contribution is 5.91. The number of esters is 1. The van der Waals surface area contributed by atoms with Crippen LogP contribution in [0.4, 0.5) is 11.4 Å². The molecule has 0 unspecified atom stereocenters. The minimum Gasteiger partial charge on any atom is -0.458 e. The molecule has 2 rings (SSSR count). The van der Waals surface area contributed by atoms with Crippen molar-refractivity contribution in [3.63, 3.8) is 0 Å². The third-order valence-electron chi connectivity index (χ3n) is 4.46. The van der Waals surface area contributed by atoms with Gasteiger partial charge in [-0.2, -0.15) is 0 Å². The first-order valence-corrected chi connectivity index (χ1v) is 10.0. The van der Waals surface area contributed by atoms with Gasteiger partial charge in [0.05, 0.1) is 0 Å². The van der Waals surface area contributed by atoms with Gasteiger partial charge >= 0.3 is 5.97 Å². The van der Waals surface area contributed by atoms with Crippen molar-refractivity contribution in [3.05, 3.63) is 60.7 Å². The average Bonchev–Trinajstić information content (AvgIpc) is 2.66. The second kappa shape index (κ2) is 9.59. The molecule has 0 radical (unpaired) electrons. The van der Waals surface area contributed by atoms with Crippen LogP contribution in [-0.4, -0.2) is 29.6 Å². The maximum atomic E-state index is 13.2. The summed E-state index contributed by atoms with van der Waals surface area (Å²) in [5.41, 5.74) is 1.19. The molecule has 1 amide bonds. The molecule has 1 N–H and O–H groups in total. The van der Waals surface area contributed by atoms with E-state index in [9.17, 15) is 9.59 Å². The van der Waals surface area contributed by atoms with Gasteiger partial charge in [0.2, 0.25) is 5.91 Å². The van der Waals surface area contributed by atoms with Gasteiger partial charge in [0.25, 0.3) is 0 Å². The minimum absolute atomic E-state index is 0.0945. The van der Waals surface area contributed by atoms with Crippen LogP contribution in [0.3, 0.4) is 0 Å². The zero-order chi connectivity index (χ0) is 21.6. The molecule has 0 aliphatic rings. The molecule has 29 heavy (non-hydrogen) atoms. The van der Waals surface area contributed by atoms with E-state index < -0.39 is 23.7 Å². The second-order valence-electron chi connectivity index (χ2n) is 8.48. The summed E-state index contributed by atoms with van der Waals surface area (Å²) >= 11 is 0. The number of nitrogens with one attached hydrogen (secondary N) is 1. The highest BCUT2D eigenvalue weighted by Crippen LogP contribution is 2.27. The van der Waals surface area contributed by atoms with Crippen LogP contribution in [0.5, 0.6) is 0 Å². The monoisotopic (exact) mass is 395 g/mol. The smallest absolute Gasteiger partial charge is 0.329 e. The number of hydrogen-bond donors (Lipinski definition) is 1. The van der Waals surface area contributed by atoms with E-state index in [1.54, 1.807) is 0 Å². The average molecular weight is 396 g/mol. The van der Waals surface area contributed by atoms with E-state index in [1.807, 2.05) is 107 Å². The lowest BCUT2D eigenvalue weighted by Gasteiger charge is -2.33. The lowest BCUT2D eigenvalue weighted by molar-refractivity contribution is -0.160. The van der Waals surface area contributed by atoms with Crippen molar-refractivity contribution in [2.24, 2.45) is 5.92 Å². The van der Waals surface area contributed by atoms with Gasteiger partial charge in [-0.1, -0.05) is 50.2 Å². The number of carbonyl (C=O) groups excluding carboxylic acids is 2. The van der Waals surface area contributed by atoms with Gasteiger partial charge in [-0.3, -0.25) is 4.79 Å². The van der Waals surface area contributed by atoms with Crippen molar-refractivity contribution in [2.75, 3.05) is 4.90 Å². The normalized spacial score (nSPS) is 13.5. The molecule has 2 aromatic rings. The number of amides is 1. The number of hydrogen-bond acceptors (Lipinski definition) is 4. The summed E-state index contributed by atoms with van der Waals surface area (Å²) in [6.07, 6.45) is 0. The molecule has 0 saturated heterocycles. The summed E-state index contributed by atoms with van der Waals surface area (Å²) in [5.74, 6) is -0.746. The molecule has 0 bridgehead atoms. The Hall–Kier alpha value is -2.82. The van der Waals surface area contributed by atoms with Gasteiger partial charge in [0, 0.05) is 11.4 Å². The molecule has 5 heteroatoms. The van der Waals surface area contributed by atoms with Gasteiger partial charge in [0.15, 0.2) is 0 Å². The zero-order valence-electron chi connectivity index (χ0n) is 18.2.